The largest absolute Gasteiger partial charge is 0.485 e. The van der Waals surface area contributed by atoms with E-state index in [1.807, 2.05) is 19.1 Å². The zero-order valence-electron chi connectivity index (χ0n) is 11.6. The van der Waals surface area contributed by atoms with E-state index in [1.54, 1.807) is 0 Å². The molecule has 19 heavy (non-hydrogen) atoms. The summed E-state index contributed by atoms with van der Waals surface area (Å²) in [5, 5.41) is 3.98. The van der Waals surface area contributed by atoms with E-state index in [4.69, 9.17) is 16.3 Å². The highest BCUT2D eigenvalue weighted by atomic mass is 35.5. The molecule has 0 radical (unpaired) electrons. The number of aryl methyl sites for hydroxylation is 1. The maximum absolute atomic E-state index is 6.32. The predicted octanol–water partition coefficient (Wildman–Crippen LogP) is 3.20. The molecule has 0 spiro atoms. The number of hydrogen-bond donors (Lipinski definition) is 1. The maximum Gasteiger partial charge on any atom is 0.141 e. The summed E-state index contributed by atoms with van der Waals surface area (Å²) in [6.45, 7) is 6.57. The molecule has 2 fully saturated rings. The first kappa shape index (κ1) is 13.2. The molecule has 3 rings (SSSR count). The Bertz CT molecular complexity index is 467. The van der Waals surface area contributed by atoms with Gasteiger partial charge in [0.05, 0.1) is 5.69 Å². The van der Waals surface area contributed by atoms with E-state index >= 15 is 0 Å². The molecule has 2 aliphatic rings. The summed E-state index contributed by atoms with van der Waals surface area (Å²) in [6, 6.07) is 3.76. The first-order valence-electron chi connectivity index (χ1n) is 7.14. The van der Waals surface area contributed by atoms with Crippen molar-refractivity contribution in [2.75, 3.05) is 13.1 Å². The van der Waals surface area contributed by atoms with Crippen LogP contribution in [0.2, 0.25) is 5.15 Å². The second-order valence-electron chi connectivity index (χ2n) is 5.93. The van der Waals surface area contributed by atoms with E-state index in [2.05, 4.69) is 17.2 Å². The van der Waals surface area contributed by atoms with Gasteiger partial charge in [-0.2, -0.15) is 0 Å². The second-order valence-corrected chi connectivity index (χ2v) is 6.31. The maximum atomic E-state index is 6.32. The normalized spacial score (nSPS) is 26.2. The van der Waals surface area contributed by atoms with Crippen molar-refractivity contribution in [3.63, 3.8) is 0 Å². The van der Waals surface area contributed by atoms with Gasteiger partial charge in [0.1, 0.15) is 16.5 Å². The average molecular weight is 281 g/mol. The molecule has 1 aromatic rings. The van der Waals surface area contributed by atoms with Gasteiger partial charge in [-0.25, -0.2) is 4.98 Å². The Morgan fingerprint density at radius 2 is 2.26 bits per heavy atom. The quantitative estimate of drug-likeness (QED) is 0.860. The van der Waals surface area contributed by atoms with Crippen LogP contribution in [0.4, 0.5) is 0 Å². The minimum absolute atomic E-state index is 0.0386. The molecule has 4 heteroatoms. The zero-order valence-corrected chi connectivity index (χ0v) is 12.3. The number of halogens is 1. The third-order valence-electron chi connectivity index (χ3n) is 4.69. The lowest BCUT2D eigenvalue weighted by molar-refractivity contribution is 0.0859. The molecule has 2 atom stereocenters. The Morgan fingerprint density at radius 3 is 2.84 bits per heavy atom. The highest BCUT2D eigenvalue weighted by Crippen LogP contribution is 2.50. The fourth-order valence-electron chi connectivity index (χ4n) is 3.15. The van der Waals surface area contributed by atoms with Crippen molar-refractivity contribution in [3.05, 3.63) is 23.0 Å². The Hall–Kier alpha value is -0.800. The number of pyridine rings is 1. The molecule has 0 bridgehead atoms. The van der Waals surface area contributed by atoms with E-state index in [1.165, 1.54) is 6.42 Å². The van der Waals surface area contributed by atoms with Crippen molar-refractivity contribution >= 4 is 11.6 Å². The molecule has 1 aromatic heterocycles. The van der Waals surface area contributed by atoms with Gasteiger partial charge in [-0.1, -0.05) is 18.5 Å². The average Bonchev–Trinajstić information content (AvgIpc) is 2.96. The zero-order chi connectivity index (χ0) is 13.5. The fourth-order valence-corrected chi connectivity index (χ4v) is 3.34. The van der Waals surface area contributed by atoms with Gasteiger partial charge in [0.25, 0.3) is 0 Å². The smallest absolute Gasteiger partial charge is 0.141 e. The van der Waals surface area contributed by atoms with Crippen LogP contribution in [0.15, 0.2) is 12.1 Å². The van der Waals surface area contributed by atoms with Gasteiger partial charge in [-0.05, 0) is 63.2 Å². The van der Waals surface area contributed by atoms with Gasteiger partial charge in [0.15, 0.2) is 0 Å². The molecule has 2 heterocycles. The minimum Gasteiger partial charge on any atom is -0.485 e. The number of ether oxygens (including phenoxy) is 1. The third-order valence-corrected chi connectivity index (χ3v) is 4.91. The summed E-state index contributed by atoms with van der Waals surface area (Å²) in [5.74, 6) is 2.22. The van der Waals surface area contributed by atoms with Crippen LogP contribution in [0.25, 0.3) is 0 Å². The number of nitrogens with zero attached hydrogens (tertiary/aromatic N) is 1. The van der Waals surface area contributed by atoms with Gasteiger partial charge in [0.2, 0.25) is 0 Å². The summed E-state index contributed by atoms with van der Waals surface area (Å²) in [7, 11) is 0. The molecule has 3 nitrogen and oxygen atoms in total. The van der Waals surface area contributed by atoms with Crippen molar-refractivity contribution < 1.29 is 4.74 Å². The summed E-state index contributed by atoms with van der Waals surface area (Å²) < 4.78 is 6.32. The highest BCUT2D eigenvalue weighted by Gasteiger charge is 2.53. The van der Waals surface area contributed by atoms with Crippen molar-refractivity contribution in [3.8, 4) is 5.75 Å². The molecule has 0 amide bonds. The van der Waals surface area contributed by atoms with E-state index in [0.29, 0.717) is 11.1 Å². The first-order valence-corrected chi connectivity index (χ1v) is 7.51. The minimum atomic E-state index is 0.0386. The Balaban J connectivity index is 1.74. The van der Waals surface area contributed by atoms with Gasteiger partial charge in [0, 0.05) is 0 Å². The van der Waals surface area contributed by atoms with Crippen LogP contribution in [-0.2, 0) is 0 Å². The number of hydrogen-bond acceptors (Lipinski definition) is 3. The predicted molar refractivity (Wildman–Crippen MR) is 76.7 cm³/mol. The van der Waals surface area contributed by atoms with Crippen LogP contribution in [0.3, 0.4) is 0 Å². The van der Waals surface area contributed by atoms with Crippen LogP contribution in [0, 0.1) is 18.8 Å². The van der Waals surface area contributed by atoms with E-state index in [9.17, 15) is 0 Å². The van der Waals surface area contributed by atoms with Crippen LogP contribution >= 0.6 is 11.6 Å². The first-order chi connectivity index (χ1) is 9.11. The van der Waals surface area contributed by atoms with Gasteiger partial charge >= 0.3 is 0 Å². The molecule has 1 aliphatic carbocycles. The summed E-state index contributed by atoms with van der Waals surface area (Å²) in [5.41, 5.74) is 0.923. The number of rotatable bonds is 4. The molecular formula is C15H21ClN2O. The Morgan fingerprint density at radius 1 is 1.47 bits per heavy atom. The molecule has 1 aliphatic heterocycles. The highest BCUT2D eigenvalue weighted by molar-refractivity contribution is 6.29. The topological polar surface area (TPSA) is 34.1 Å². The third kappa shape index (κ3) is 2.59. The van der Waals surface area contributed by atoms with Crippen molar-refractivity contribution in [2.24, 2.45) is 11.8 Å². The van der Waals surface area contributed by atoms with E-state index in [-0.39, 0.29) is 5.60 Å². The van der Waals surface area contributed by atoms with Crippen molar-refractivity contribution in [2.45, 2.75) is 38.7 Å². The van der Waals surface area contributed by atoms with Crippen molar-refractivity contribution in [1.29, 1.82) is 0 Å². The summed E-state index contributed by atoms with van der Waals surface area (Å²) in [4.78, 5) is 4.27. The molecule has 1 saturated carbocycles. The van der Waals surface area contributed by atoms with Crippen LogP contribution in [0.5, 0.6) is 5.75 Å². The number of aromatic nitrogens is 1. The molecule has 1 N–H and O–H groups in total. The monoisotopic (exact) mass is 280 g/mol. The molecule has 1 saturated heterocycles. The van der Waals surface area contributed by atoms with Gasteiger partial charge in [-0.3, -0.25) is 0 Å². The molecule has 104 valence electrons. The van der Waals surface area contributed by atoms with Crippen LogP contribution in [-0.4, -0.2) is 23.7 Å². The van der Waals surface area contributed by atoms with Crippen LogP contribution in [0.1, 0.15) is 31.9 Å². The standard InChI is InChI=1S/C15H21ClN2O/c1-10(12-5-8-17-9-12)15(6-7-15)19-13-3-4-14(16)18-11(13)2/h3-4,10,12,17H,5-9H2,1-2H3/t10?,12-/m1/s1. The lowest BCUT2D eigenvalue weighted by atomic mass is 9.86. The van der Waals surface area contributed by atoms with Gasteiger partial charge in [-0.15, -0.1) is 0 Å². The van der Waals surface area contributed by atoms with Crippen molar-refractivity contribution in [1.82, 2.24) is 10.3 Å². The van der Waals surface area contributed by atoms with Crippen LogP contribution < -0.4 is 10.1 Å². The van der Waals surface area contributed by atoms with E-state index < -0.39 is 0 Å². The Kier molecular flexibility index (Phi) is 3.44. The Labute approximate surface area is 119 Å². The fraction of sp³-hybridized carbons (Fsp3) is 0.667. The SMILES string of the molecule is Cc1nc(Cl)ccc1OC1(C(C)[C@@H]2CCNC2)CC1. The molecular weight excluding hydrogens is 260 g/mol. The summed E-state index contributed by atoms with van der Waals surface area (Å²) >= 11 is 5.90. The number of nitrogens with one attached hydrogen (secondary N) is 1. The van der Waals surface area contributed by atoms with Gasteiger partial charge < -0.3 is 10.1 Å². The summed E-state index contributed by atoms with van der Waals surface area (Å²) in [6.07, 6.45) is 3.59. The molecule has 1 unspecified atom stereocenters. The van der Waals surface area contributed by atoms with E-state index in [0.717, 1.165) is 43.3 Å². The molecule has 0 aromatic carbocycles. The lowest BCUT2D eigenvalue weighted by Gasteiger charge is -2.29. The second kappa shape index (κ2) is 4.95. The lowest BCUT2D eigenvalue weighted by Crippen LogP contribution is -2.34.